The van der Waals surface area contributed by atoms with E-state index >= 15 is 0 Å². The molecule has 1 aromatic heterocycles. The van der Waals surface area contributed by atoms with Gasteiger partial charge >= 0.3 is 0 Å². The molecule has 0 saturated heterocycles. The molecule has 0 aliphatic carbocycles. The molecule has 2 amide bonds. The van der Waals surface area contributed by atoms with Gasteiger partial charge in [-0.05, 0) is 6.42 Å². The van der Waals surface area contributed by atoms with Crippen molar-refractivity contribution in [3.8, 4) is 0 Å². The summed E-state index contributed by atoms with van der Waals surface area (Å²) >= 11 is 1.37. The molecule has 0 atom stereocenters. The van der Waals surface area contributed by atoms with Crippen LogP contribution in [-0.2, 0) is 4.79 Å². The van der Waals surface area contributed by atoms with Crippen LogP contribution in [0.2, 0.25) is 0 Å². The highest BCUT2D eigenvalue weighted by atomic mass is 32.1. The van der Waals surface area contributed by atoms with Gasteiger partial charge in [0.2, 0.25) is 5.91 Å². The zero-order valence-corrected chi connectivity index (χ0v) is 11.2. The summed E-state index contributed by atoms with van der Waals surface area (Å²) < 4.78 is 0. The summed E-state index contributed by atoms with van der Waals surface area (Å²) in [6, 6.07) is 0. The van der Waals surface area contributed by atoms with Crippen LogP contribution in [0, 0.1) is 0 Å². The van der Waals surface area contributed by atoms with Crippen LogP contribution in [0.25, 0.3) is 0 Å². The van der Waals surface area contributed by atoms with Crippen LogP contribution in [0.1, 0.15) is 23.8 Å². The quantitative estimate of drug-likeness (QED) is 0.791. The van der Waals surface area contributed by atoms with E-state index in [2.05, 4.69) is 4.98 Å². The molecule has 1 aromatic rings. The highest BCUT2D eigenvalue weighted by Gasteiger charge is 2.20. The lowest BCUT2D eigenvalue weighted by atomic mass is 10.3. The molecule has 6 heteroatoms. The molecule has 94 valence electrons. The fourth-order valence-electron chi connectivity index (χ4n) is 1.31. The number of carbonyl (C=O) groups is 2. The molecule has 0 spiro atoms. The minimum Gasteiger partial charge on any atom is -0.347 e. The molecule has 0 aromatic carbocycles. The number of rotatable bonds is 5. The summed E-state index contributed by atoms with van der Waals surface area (Å²) in [6.45, 7) is 2.65. The molecule has 0 N–H and O–H groups in total. The Balaban J connectivity index is 2.72. The predicted octanol–water partition coefficient (Wildman–Crippen LogP) is 1.08. The molecule has 0 radical (unpaired) electrons. The molecular formula is C11H17N3O2S. The highest BCUT2D eigenvalue weighted by Crippen LogP contribution is 2.06. The third-order valence-corrected chi connectivity index (χ3v) is 2.84. The van der Waals surface area contributed by atoms with E-state index in [9.17, 15) is 9.59 Å². The van der Waals surface area contributed by atoms with E-state index in [4.69, 9.17) is 0 Å². The van der Waals surface area contributed by atoms with Crippen molar-refractivity contribution in [3.05, 3.63) is 16.6 Å². The van der Waals surface area contributed by atoms with Gasteiger partial charge in [0.15, 0.2) is 0 Å². The molecule has 0 aliphatic rings. The van der Waals surface area contributed by atoms with Gasteiger partial charge in [-0.25, -0.2) is 4.98 Å². The molecule has 17 heavy (non-hydrogen) atoms. The topological polar surface area (TPSA) is 53.5 Å². The van der Waals surface area contributed by atoms with Gasteiger partial charge in [-0.3, -0.25) is 9.59 Å². The fraction of sp³-hybridized carbons (Fsp3) is 0.545. The van der Waals surface area contributed by atoms with Crippen LogP contribution < -0.4 is 0 Å². The van der Waals surface area contributed by atoms with Gasteiger partial charge in [-0.1, -0.05) is 6.92 Å². The summed E-state index contributed by atoms with van der Waals surface area (Å²) in [4.78, 5) is 30.7. The first kappa shape index (κ1) is 13.6. The largest absolute Gasteiger partial charge is 0.347 e. The Morgan fingerprint density at radius 1 is 1.41 bits per heavy atom. The standard InChI is InChI=1S/C11H17N3O2S/c1-4-5-14(6-10(15)13(2)3)11(16)9-7-17-8-12-9/h7-8H,4-6H2,1-3H3. The van der Waals surface area contributed by atoms with Crippen LogP contribution in [0.3, 0.4) is 0 Å². The number of aromatic nitrogens is 1. The lowest BCUT2D eigenvalue weighted by molar-refractivity contribution is -0.129. The average Bonchev–Trinajstić information content (AvgIpc) is 2.80. The summed E-state index contributed by atoms with van der Waals surface area (Å²) in [6.07, 6.45) is 0.816. The minimum atomic E-state index is -0.177. The number of carbonyl (C=O) groups excluding carboxylic acids is 2. The Morgan fingerprint density at radius 2 is 2.12 bits per heavy atom. The molecule has 0 unspecified atom stereocenters. The smallest absolute Gasteiger partial charge is 0.273 e. The second-order valence-electron chi connectivity index (χ2n) is 3.89. The number of amides is 2. The summed E-state index contributed by atoms with van der Waals surface area (Å²) in [5, 5.41) is 1.70. The number of hydrogen-bond acceptors (Lipinski definition) is 4. The van der Waals surface area contributed by atoms with Gasteiger partial charge in [0, 0.05) is 26.0 Å². The van der Waals surface area contributed by atoms with Crippen molar-refractivity contribution in [1.29, 1.82) is 0 Å². The fourth-order valence-corrected chi connectivity index (χ4v) is 1.83. The van der Waals surface area contributed by atoms with Crippen LogP contribution >= 0.6 is 11.3 Å². The molecule has 0 saturated carbocycles. The second kappa shape index (κ2) is 6.34. The average molecular weight is 255 g/mol. The molecule has 0 aliphatic heterocycles. The Morgan fingerprint density at radius 3 is 2.59 bits per heavy atom. The van der Waals surface area contributed by atoms with Gasteiger partial charge in [-0.15, -0.1) is 11.3 Å². The van der Waals surface area contributed by atoms with Gasteiger partial charge in [0.25, 0.3) is 5.91 Å². The monoisotopic (exact) mass is 255 g/mol. The van der Waals surface area contributed by atoms with E-state index in [0.717, 1.165) is 6.42 Å². The molecular weight excluding hydrogens is 238 g/mol. The zero-order valence-electron chi connectivity index (χ0n) is 10.3. The van der Waals surface area contributed by atoms with E-state index in [1.54, 1.807) is 25.0 Å². The van der Waals surface area contributed by atoms with Crippen LogP contribution in [0.15, 0.2) is 10.9 Å². The van der Waals surface area contributed by atoms with Gasteiger partial charge in [0.1, 0.15) is 12.2 Å². The minimum absolute atomic E-state index is 0.0815. The van der Waals surface area contributed by atoms with Crippen molar-refractivity contribution >= 4 is 23.2 Å². The second-order valence-corrected chi connectivity index (χ2v) is 4.61. The maximum absolute atomic E-state index is 12.1. The first-order chi connectivity index (χ1) is 8.06. The highest BCUT2D eigenvalue weighted by molar-refractivity contribution is 7.07. The first-order valence-corrected chi connectivity index (χ1v) is 6.38. The van der Waals surface area contributed by atoms with E-state index in [0.29, 0.717) is 12.2 Å². The van der Waals surface area contributed by atoms with Crippen molar-refractivity contribution in [2.24, 2.45) is 0 Å². The van der Waals surface area contributed by atoms with Crippen molar-refractivity contribution < 1.29 is 9.59 Å². The molecule has 5 nitrogen and oxygen atoms in total. The molecule has 1 rings (SSSR count). The summed E-state index contributed by atoms with van der Waals surface area (Å²) in [5.41, 5.74) is 2.03. The van der Waals surface area contributed by atoms with Crippen molar-refractivity contribution in [1.82, 2.24) is 14.8 Å². The van der Waals surface area contributed by atoms with Crippen LogP contribution in [0.4, 0.5) is 0 Å². The predicted molar refractivity (Wildman–Crippen MR) is 67.0 cm³/mol. The van der Waals surface area contributed by atoms with E-state index in [-0.39, 0.29) is 18.4 Å². The third-order valence-electron chi connectivity index (χ3n) is 2.26. The summed E-state index contributed by atoms with van der Waals surface area (Å²) in [5.74, 6) is -0.259. The lowest BCUT2D eigenvalue weighted by Gasteiger charge is -2.22. The lowest BCUT2D eigenvalue weighted by Crippen LogP contribution is -2.40. The van der Waals surface area contributed by atoms with Crippen LogP contribution in [0.5, 0.6) is 0 Å². The molecule has 0 fully saturated rings. The zero-order chi connectivity index (χ0) is 12.8. The van der Waals surface area contributed by atoms with Crippen molar-refractivity contribution in [2.45, 2.75) is 13.3 Å². The third kappa shape index (κ3) is 3.81. The molecule has 1 heterocycles. The Labute approximate surface area is 105 Å². The van der Waals surface area contributed by atoms with Gasteiger partial charge in [-0.2, -0.15) is 0 Å². The Kier molecular flexibility index (Phi) is 5.09. The number of nitrogens with zero attached hydrogens (tertiary/aromatic N) is 3. The summed E-state index contributed by atoms with van der Waals surface area (Å²) in [7, 11) is 3.36. The SMILES string of the molecule is CCCN(CC(=O)N(C)C)C(=O)c1cscn1. The van der Waals surface area contributed by atoms with Gasteiger partial charge in [0.05, 0.1) is 5.51 Å². The maximum Gasteiger partial charge on any atom is 0.273 e. The van der Waals surface area contributed by atoms with Crippen molar-refractivity contribution in [2.75, 3.05) is 27.2 Å². The van der Waals surface area contributed by atoms with E-state index < -0.39 is 0 Å². The van der Waals surface area contributed by atoms with Crippen LogP contribution in [-0.4, -0.2) is 53.8 Å². The first-order valence-electron chi connectivity index (χ1n) is 5.43. The Bertz CT molecular complexity index is 376. The van der Waals surface area contributed by atoms with Gasteiger partial charge < -0.3 is 9.80 Å². The van der Waals surface area contributed by atoms with Crippen molar-refractivity contribution in [3.63, 3.8) is 0 Å². The number of likely N-dealkylation sites (N-methyl/N-ethyl adjacent to an activating group) is 1. The van der Waals surface area contributed by atoms with E-state index in [1.165, 1.54) is 21.1 Å². The normalized spacial score (nSPS) is 10.1. The number of thiazole rings is 1. The Hall–Kier alpha value is -1.43. The van der Waals surface area contributed by atoms with E-state index in [1.807, 2.05) is 6.92 Å². The maximum atomic E-state index is 12.1. The molecule has 0 bridgehead atoms. The number of hydrogen-bond donors (Lipinski definition) is 0.